The van der Waals surface area contributed by atoms with Crippen molar-refractivity contribution >= 4 is 0 Å². The van der Waals surface area contributed by atoms with Gasteiger partial charge in [0.25, 0.3) is 0 Å². The van der Waals surface area contributed by atoms with Crippen molar-refractivity contribution in [3.8, 4) is 0 Å². The van der Waals surface area contributed by atoms with Crippen molar-refractivity contribution in [2.75, 3.05) is 26.2 Å². The molecule has 102 valence electrons. The molecule has 0 aromatic rings. The molecule has 0 aromatic carbocycles. The highest BCUT2D eigenvalue weighted by Crippen LogP contribution is 2.11. The summed E-state index contributed by atoms with van der Waals surface area (Å²) >= 11 is 0. The smallest absolute Gasteiger partial charge is 0.0572 e. The Morgan fingerprint density at radius 3 is 2.59 bits per heavy atom. The maximum Gasteiger partial charge on any atom is 0.0572 e. The van der Waals surface area contributed by atoms with Crippen molar-refractivity contribution in [2.45, 2.75) is 64.6 Å². The summed E-state index contributed by atoms with van der Waals surface area (Å²) in [6, 6.07) is 0. The molecule has 0 radical (unpaired) electrons. The van der Waals surface area contributed by atoms with Crippen LogP contribution in [0.5, 0.6) is 0 Å². The van der Waals surface area contributed by atoms with Gasteiger partial charge in [-0.25, -0.2) is 0 Å². The molecule has 3 nitrogen and oxygen atoms in total. The molecule has 1 aliphatic rings. The Morgan fingerprint density at radius 2 is 2.00 bits per heavy atom. The van der Waals surface area contributed by atoms with Crippen molar-refractivity contribution in [1.29, 1.82) is 0 Å². The molecule has 0 spiro atoms. The summed E-state index contributed by atoms with van der Waals surface area (Å²) in [5.41, 5.74) is 0. The summed E-state index contributed by atoms with van der Waals surface area (Å²) in [5.74, 6) is 0. The average Bonchev–Trinajstić information content (AvgIpc) is 2.35. The Morgan fingerprint density at radius 1 is 1.29 bits per heavy atom. The lowest BCUT2D eigenvalue weighted by Gasteiger charge is -2.29. The first-order valence-electron chi connectivity index (χ1n) is 7.28. The van der Waals surface area contributed by atoms with Gasteiger partial charge >= 0.3 is 0 Å². The van der Waals surface area contributed by atoms with Gasteiger partial charge in [-0.2, -0.15) is 0 Å². The minimum Gasteiger partial charge on any atom is -0.393 e. The molecular formula is C14H29NO2. The fraction of sp³-hybridized carbons (Fsp3) is 1.00. The van der Waals surface area contributed by atoms with E-state index in [2.05, 4.69) is 18.7 Å². The maximum absolute atomic E-state index is 9.41. The van der Waals surface area contributed by atoms with Crippen LogP contribution in [-0.4, -0.2) is 48.5 Å². The molecule has 0 aromatic heterocycles. The van der Waals surface area contributed by atoms with Gasteiger partial charge in [-0.05, 0) is 32.1 Å². The summed E-state index contributed by atoms with van der Waals surface area (Å²) in [7, 11) is 0. The van der Waals surface area contributed by atoms with E-state index in [0.29, 0.717) is 6.10 Å². The predicted octanol–water partition coefficient (Wildman–Crippen LogP) is 2.43. The first-order valence-corrected chi connectivity index (χ1v) is 7.28. The first-order chi connectivity index (χ1) is 8.26. The Kier molecular flexibility index (Phi) is 7.82. The van der Waals surface area contributed by atoms with Gasteiger partial charge in [0.05, 0.1) is 12.2 Å². The molecule has 1 rings (SSSR count). The van der Waals surface area contributed by atoms with E-state index in [1.54, 1.807) is 0 Å². The van der Waals surface area contributed by atoms with Crippen molar-refractivity contribution in [3.63, 3.8) is 0 Å². The fourth-order valence-corrected chi connectivity index (χ4v) is 2.41. The number of aliphatic hydroxyl groups is 1. The molecule has 0 saturated carbocycles. The van der Waals surface area contributed by atoms with Crippen molar-refractivity contribution < 1.29 is 9.84 Å². The van der Waals surface area contributed by atoms with Crippen LogP contribution in [0.2, 0.25) is 0 Å². The van der Waals surface area contributed by atoms with Gasteiger partial charge in [-0.3, -0.25) is 0 Å². The molecule has 3 heteroatoms. The van der Waals surface area contributed by atoms with Crippen LogP contribution >= 0.6 is 0 Å². The molecule has 0 bridgehead atoms. The lowest BCUT2D eigenvalue weighted by molar-refractivity contribution is 0.0326. The second-order valence-electron chi connectivity index (χ2n) is 5.12. The van der Waals surface area contributed by atoms with Crippen LogP contribution in [-0.2, 0) is 4.74 Å². The molecule has 1 unspecified atom stereocenters. The Bertz CT molecular complexity index is 179. The SMILES string of the molecule is CCCC(CC)OCCCN1CCC(O)CC1. The molecule has 1 heterocycles. The third-order valence-corrected chi connectivity index (χ3v) is 3.60. The van der Waals surface area contributed by atoms with E-state index in [9.17, 15) is 5.11 Å². The number of hydrogen-bond acceptors (Lipinski definition) is 3. The summed E-state index contributed by atoms with van der Waals surface area (Å²) < 4.78 is 5.87. The highest BCUT2D eigenvalue weighted by molar-refractivity contribution is 4.70. The number of nitrogens with zero attached hydrogens (tertiary/aromatic N) is 1. The first kappa shape index (κ1) is 14.9. The average molecular weight is 243 g/mol. The van der Waals surface area contributed by atoms with Crippen molar-refractivity contribution in [1.82, 2.24) is 4.90 Å². The van der Waals surface area contributed by atoms with E-state index >= 15 is 0 Å². The normalized spacial score (nSPS) is 20.6. The van der Waals surface area contributed by atoms with Gasteiger partial charge in [-0.15, -0.1) is 0 Å². The zero-order valence-electron chi connectivity index (χ0n) is 11.5. The quantitative estimate of drug-likeness (QED) is 0.665. The predicted molar refractivity (Wildman–Crippen MR) is 71.2 cm³/mol. The van der Waals surface area contributed by atoms with E-state index in [-0.39, 0.29) is 6.10 Å². The Labute approximate surface area is 106 Å². The monoisotopic (exact) mass is 243 g/mol. The van der Waals surface area contributed by atoms with Gasteiger partial charge in [0.15, 0.2) is 0 Å². The van der Waals surface area contributed by atoms with Crippen LogP contribution in [0.25, 0.3) is 0 Å². The number of hydrogen-bond donors (Lipinski definition) is 1. The molecule has 0 amide bonds. The second kappa shape index (κ2) is 8.90. The lowest BCUT2D eigenvalue weighted by Crippen LogP contribution is -2.36. The fourth-order valence-electron chi connectivity index (χ4n) is 2.41. The van der Waals surface area contributed by atoms with Crippen molar-refractivity contribution in [2.24, 2.45) is 0 Å². The van der Waals surface area contributed by atoms with Crippen LogP contribution in [0.3, 0.4) is 0 Å². The van der Waals surface area contributed by atoms with E-state index in [4.69, 9.17) is 4.74 Å². The van der Waals surface area contributed by atoms with Gasteiger partial charge in [0, 0.05) is 26.2 Å². The second-order valence-corrected chi connectivity index (χ2v) is 5.12. The molecule has 0 aliphatic carbocycles. The van der Waals surface area contributed by atoms with Crippen LogP contribution in [0, 0.1) is 0 Å². The molecule has 1 atom stereocenters. The third-order valence-electron chi connectivity index (χ3n) is 3.60. The van der Waals surface area contributed by atoms with Crippen molar-refractivity contribution in [3.05, 3.63) is 0 Å². The van der Waals surface area contributed by atoms with Gasteiger partial charge in [-0.1, -0.05) is 20.3 Å². The highest BCUT2D eigenvalue weighted by atomic mass is 16.5. The summed E-state index contributed by atoms with van der Waals surface area (Å²) in [6.45, 7) is 8.52. The maximum atomic E-state index is 9.41. The molecule has 1 aliphatic heterocycles. The van der Waals surface area contributed by atoms with E-state index in [1.807, 2.05) is 0 Å². The molecular weight excluding hydrogens is 214 g/mol. The lowest BCUT2D eigenvalue weighted by atomic mass is 10.1. The largest absolute Gasteiger partial charge is 0.393 e. The standard InChI is InChI=1S/C14H29NO2/c1-3-6-14(4-2)17-12-5-9-15-10-7-13(16)8-11-15/h13-14,16H,3-12H2,1-2H3. The zero-order valence-corrected chi connectivity index (χ0v) is 11.5. The zero-order chi connectivity index (χ0) is 12.5. The molecule has 1 fully saturated rings. The summed E-state index contributed by atoms with van der Waals surface area (Å²) in [4.78, 5) is 2.44. The molecule has 17 heavy (non-hydrogen) atoms. The minimum absolute atomic E-state index is 0.0588. The van der Waals surface area contributed by atoms with E-state index < -0.39 is 0 Å². The third kappa shape index (κ3) is 6.39. The Balaban J connectivity index is 1.99. The van der Waals surface area contributed by atoms with Crippen LogP contribution in [0.4, 0.5) is 0 Å². The number of likely N-dealkylation sites (tertiary alicyclic amines) is 1. The summed E-state index contributed by atoms with van der Waals surface area (Å²) in [6.07, 6.45) is 6.93. The van der Waals surface area contributed by atoms with Gasteiger partial charge in [0.2, 0.25) is 0 Å². The molecule has 1 N–H and O–H groups in total. The molecule has 1 saturated heterocycles. The highest BCUT2D eigenvalue weighted by Gasteiger charge is 2.16. The minimum atomic E-state index is -0.0588. The number of rotatable bonds is 8. The van der Waals surface area contributed by atoms with Crippen LogP contribution < -0.4 is 0 Å². The number of ether oxygens (including phenoxy) is 1. The van der Waals surface area contributed by atoms with Crippen LogP contribution in [0.15, 0.2) is 0 Å². The number of aliphatic hydroxyl groups excluding tert-OH is 1. The number of piperidine rings is 1. The van der Waals surface area contributed by atoms with E-state index in [1.165, 1.54) is 12.8 Å². The Hall–Kier alpha value is -0.120. The summed E-state index contributed by atoms with van der Waals surface area (Å²) in [5, 5.41) is 9.41. The van der Waals surface area contributed by atoms with Gasteiger partial charge in [0.1, 0.15) is 0 Å². The van der Waals surface area contributed by atoms with E-state index in [0.717, 1.165) is 51.9 Å². The topological polar surface area (TPSA) is 32.7 Å². The van der Waals surface area contributed by atoms with Gasteiger partial charge < -0.3 is 14.7 Å². The van der Waals surface area contributed by atoms with Crippen LogP contribution in [0.1, 0.15) is 52.4 Å².